The van der Waals surface area contributed by atoms with Crippen LogP contribution in [-0.4, -0.2) is 24.2 Å². The summed E-state index contributed by atoms with van der Waals surface area (Å²) in [7, 11) is 0. The molecule has 5 heteroatoms. The SMILES string of the molecule is Cc1cc(C)cc(-c2c(OCCC3CCCCN3)c3cc(C)c(Cl)cc3[nH]c2=O)c1. The molecule has 1 aliphatic rings. The van der Waals surface area contributed by atoms with Crippen molar-refractivity contribution in [3.63, 3.8) is 0 Å². The molecule has 0 amide bonds. The highest BCUT2D eigenvalue weighted by Gasteiger charge is 2.19. The van der Waals surface area contributed by atoms with Crippen molar-refractivity contribution in [1.29, 1.82) is 0 Å². The Morgan fingerprint density at radius 2 is 1.83 bits per heavy atom. The molecule has 0 aliphatic carbocycles. The van der Waals surface area contributed by atoms with Gasteiger partial charge >= 0.3 is 0 Å². The molecule has 0 radical (unpaired) electrons. The minimum absolute atomic E-state index is 0.154. The average Bonchev–Trinajstić information content (AvgIpc) is 2.69. The fourth-order valence-corrected chi connectivity index (χ4v) is 4.56. The van der Waals surface area contributed by atoms with Gasteiger partial charge in [-0.1, -0.05) is 47.3 Å². The third kappa shape index (κ3) is 4.40. The van der Waals surface area contributed by atoms with Gasteiger partial charge < -0.3 is 15.0 Å². The van der Waals surface area contributed by atoms with Crippen molar-refractivity contribution in [2.24, 2.45) is 0 Å². The second kappa shape index (κ2) is 8.83. The summed E-state index contributed by atoms with van der Waals surface area (Å²) in [4.78, 5) is 16.2. The maximum absolute atomic E-state index is 13.1. The smallest absolute Gasteiger partial charge is 0.260 e. The van der Waals surface area contributed by atoms with Crippen molar-refractivity contribution >= 4 is 22.5 Å². The van der Waals surface area contributed by atoms with E-state index in [0.29, 0.717) is 34.5 Å². The van der Waals surface area contributed by atoms with E-state index in [2.05, 4.69) is 16.4 Å². The van der Waals surface area contributed by atoms with E-state index < -0.39 is 0 Å². The van der Waals surface area contributed by atoms with Gasteiger partial charge in [-0.25, -0.2) is 0 Å². The number of hydrogen-bond donors (Lipinski definition) is 2. The number of aromatic nitrogens is 1. The average molecular weight is 425 g/mol. The number of pyridine rings is 1. The normalized spacial score (nSPS) is 16.7. The first-order valence-corrected chi connectivity index (χ1v) is 11.1. The minimum atomic E-state index is -0.154. The molecule has 4 nitrogen and oxygen atoms in total. The van der Waals surface area contributed by atoms with E-state index in [1.807, 2.05) is 45.0 Å². The van der Waals surface area contributed by atoms with Gasteiger partial charge in [-0.3, -0.25) is 4.79 Å². The van der Waals surface area contributed by atoms with Gasteiger partial charge in [0.2, 0.25) is 0 Å². The van der Waals surface area contributed by atoms with E-state index in [4.69, 9.17) is 16.3 Å². The van der Waals surface area contributed by atoms with Gasteiger partial charge in [0.1, 0.15) is 5.75 Å². The largest absolute Gasteiger partial charge is 0.492 e. The number of benzene rings is 2. The van der Waals surface area contributed by atoms with Crippen molar-refractivity contribution in [2.45, 2.75) is 52.5 Å². The van der Waals surface area contributed by atoms with Crippen molar-refractivity contribution < 1.29 is 4.74 Å². The predicted octanol–water partition coefficient (Wildman–Crippen LogP) is 5.68. The van der Waals surface area contributed by atoms with Crippen LogP contribution < -0.4 is 15.6 Å². The molecule has 3 aromatic rings. The number of H-pyrrole nitrogens is 1. The zero-order valence-electron chi connectivity index (χ0n) is 17.9. The van der Waals surface area contributed by atoms with Crippen LogP contribution in [0.1, 0.15) is 42.4 Å². The van der Waals surface area contributed by atoms with Crippen LogP contribution in [0, 0.1) is 20.8 Å². The van der Waals surface area contributed by atoms with Crippen LogP contribution >= 0.6 is 11.6 Å². The van der Waals surface area contributed by atoms with Crippen molar-refractivity contribution in [3.8, 4) is 16.9 Å². The van der Waals surface area contributed by atoms with Gasteiger partial charge in [0.15, 0.2) is 0 Å². The van der Waals surface area contributed by atoms with Crippen LogP contribution in [0.5, 0.6) is 5.75 Å². The van der Waals surface area contributed by atoms with Crippen molar-refractivity contribution in [1.82, 2.24) is 10.3 Å². The molecule has 0 saturated carbocycles. The first-order valence-electron chi connectivity index (χ1n) is 10.7. The monoisotopic (exact) mass is 424 g/mol. The topological polar surface area (TPSA) is 54.1 Å². The number of rotatable bonds is 5. The Kier molecular flexibility index (Phi) is 6.16. The molecule has 2 heterocycles. The summed E-state index contributed by atoms with van der Waals surface area (Å²) in [5, 5.41) is 5.09. The number of fused-ring (bicyclic) bond motifs is 1. The van der Waals surface area contributed by atoms with Gasteiger partial charge in [-0.15, -0.1) is 0 Å². The predicted molar refractivity (Wildman–Crippen MR) is 125 cm³/mol. The Labute approximate surface area is 182 Å². The maximum atomic E-state index is 13.1. The van der Waals surface area contributed by atoms with Crippen LogP contribution in [0.2, 0.25) is 5.02 Å². The molecule has 1 fully saturated rings. The molecule has 1 saturated heterocycles. The Morgan fingerprint density at radius 1 is 1.07 bits per heavy atom. The summed E-state index contributed by atoms with van der Waals surface area (Å²) in [5.41, 5.74) is 5.22. The molecule has 158 valence electrons. The van der Waals surface area contributed by atoms with E-state index in [-0.39, 0.29) is 5.56 Å². The zero-order valence-corrected chi connectivity index (χ0v) is 18.7. The lowest BCUT2D eigenvalue weighted by atomic mass is 9.98. The summed E-state index contributed by atoms with van der Waals surface area (Å²) in [6.07, 6.45) is 4.61. The molecule has 1 unspecified atom stereocenters. The Hall–Kier alpha value is -2.30. The lowest BCUT2D eigenvalue weighted by Gasteiger charge is -2.24. The van der Waals surface area contributed by atoms with Gasteiger partial charge in [0, 0.05) is 16.5 Å². The highest BCUT2D eigenvalue weighted by atomic mass is 35.5. The lowest BCUT2D eigenvalue weighted by molar-refractivity contribution is 0.271. The number of aryl methyl sites for hydroxylation is 3. The van der Waals surface area contributed by atoms with E-state index in [1.54, 1.807) is 0 Å². The van der Waals surface area contributed by atoms with E-state index in [9.17, 15) is 4.79 Å². The molecule has 30 heavy (non-hydrogen) atoms. The molecule has 2 N–H and O–H groups in total. The number of aromatic amines is 1. The second-order valence-corrected chi connectivity index (χ2v) is 8.87. The summed E-state index contributed by atoms with van der Waals surface area (Å²) in [6, 6.07) is 10.5. The van der Waals surface area contributed by atoms with E-state index in [1.165, 1.54) is 19.3 Å². The van der Waals surface area contributed by atoms with Gasteiger partial charge in [0.25, 0.3) is 5.56 Å². The molecule has 4 rings (SSSR count). The van der Waals surface area contributed by atoms with Crippen LogP contribution in [0.4, 0.5) is 0 Å². The Morgan fingerprint density at radius 3 is 2.53 bits per heavy atom. The molecule has 1 aliphatic heterocycles. The zero-order chi connectivity index (χ0) is 21.3. The first kappa shape index (κ1) is 21.0. The summed E-state index contributed by atoms with van der Waals surface area (Å²) in [6.45, 7) is 7.70. The van der Waals surface area contributed by atoms with Gasteiger partial charge in [-0.05, 0) is 69.8 Å². The van der Waals surface area contributed by atoms with Crippen molar-refractivity contribution in [2.75, 3.05) is 13.2 Å². The number of piperidine rings is 1. The third-order valence-corrected chi connectivity index (χ3v) is 6.29. The number of ether oxygens (including phenoxy) is 1. The molecule has 1 atom stereocenters. The first-order chi connectivity index (χ1) is 14.4. The fourth-order valence-electron chi connectivity index (χ4n) is 4.40. The molecule has 2 aromatic carbocycles. The quantitative estimate of drug-likeness (QED) is 0.553. The Balaban J connectivity index is 1.80. The standard InChI is InChI=1S/C25H29ClN2O2/c1-15-10-16(2)12-18(11-15)23-24(30-9-7-19-6-4-5-8-27-19)20-13-17(3)21(26)14-22(20)28-25(23)29/h10-14,19,27H,4-9H2,1-3H3,(H,28,29). The van der Waals surface area contributed by atoms with Crippen LogP contribution in [0.3, 0.4) is 0 Å². The van der Waals surface area contributed by atoms with Crippen LogP contribution in [0.25, 0.3) is 22.0 Å². The molecule has 0 spiro atoms. The minimum Gasteiger partial charge on any atom is -0.492 e. The van der Waals surface area contributed by atoms with Crippen LogP contribution in [0.15, 0.2) is 35.1 Å². The molecule has 0 bridgehead atoms. The summed E-state index contributed by atoms with van der Waals surface area (Å²) >= 11 is 6.33. The van der Waals surface area contributed by atoms with Gasteiger partial charge in [0.05, 0.1) is 17.7 Å². The lowest BCUT2D eigenvalue weighted by Crippen LogP contribution is -2.35. The highest BCUT2D eigenvalue weighted by molar-refractivity contribution is 6.32. The van der Waals surface area contributed by atoms with E-state index in [0.717, 1.165) is 40.6 Å². The Bertz CT molecular complexity index is 1110. The van der Waals surface area contributed by atoms with Gasteiger partial charge in [-0.2, -0.15) is 0 Å². The molecule has 1 aromatic heterocycles. The maximum Gasteiger partial charge on any atom is 0.260 e. The fraction of sp³-hybridized carbons (Fsp3) is 0.400. The molecular weight excluding hydrogens is 396 g/mol. The number of hydrogen-bond acceptors (Lipinski definition) is 3. The summed E-state index contributed by atoms with van der Waals surface area (Å²) in [5.74, 6) is 0.648. The highest BCUT2D eigenvalue weighted by Crippen LogP contribution is 2.36. The third-order valence-electron chi connectivity index (χ3n) is 5.88. The van der Waals surface area contributed by atoms with Crippen molar-refractivity contribution in [3.05, 3.63) is 62.4 Å². The second-order valence-electron chi connectivity index (χ2n) is 8.47. The number of halogens is 1. The van der Waals surface area contributed by atoms with E-state index >= 15 is 0 Å². The van der Waals surface area contributed by atoms with Crippen LogP contribution in [-0.2, 0) is 0 Å². The molecular formula is C25H29ClN2O2. The number of nitrogens with one attached hydrogen (secondary N) is 2. The summed E-state index contributed by atoms with van der Waals surface area (Å²) < 4.78 is 6.36.